The molecule has 4 fully saturated rings. The van der Waals surface area contributed by atoms with Crippen LogP contribution in [0.2, 0.25) is 0 Å². The third-order valence-corrected chi connectivity index (χ3v) is 6.15. The molecule has 4 nitrogen and oxygen atoms in total. The van der Waals surface area contributed by atoms with E-state index in [2.05, 4.69) is 20.8 Å². The summed E-state index contributed by atoms with van der Waals surface area (Å²) in [5, 5.41) is 0. The molecule has 4 aliphatic rings. The molecule has 0 spiro atoms. The number of rotatable bonds is 2. The van der Waals surface area contributed by atoms with Gasteiger partial charge in [0.25, 0.3) is 0 Å². The third-order valence-electron chi connectivity index (χ3n) is 5.53. The van der Waals surface area contributed by atoms with E-state index in [0.29, 0.717) is 23.7 Å². The number of phosphoric ester groups is 1. The average Bonchev–Trinajstić information content (AvgIpc) is 2.07. The van der Waals surface area contributed by atoms with E-state index in [1.807, 2.05) is 0 Å². The molecule has 110 valence electrons. The molecule has 0 amide bonds. The molecule has 4 rings (SSSR count). The van der Waals surface area contributed by atoms with Crippen molar-refractivity contribution in [3.8, 4) is 0 Å². The molecule has 0 heterocycles. The quantitative estimate of drug-likeness (QED) is 0.765. The summed E-state index contributed by atoms with van der Waals surface area (Å²) in [6.07, 6.45) is 4.98. The zero-order chi connectivity index (χ0) is 14.1. The molecular weight excluding hydrogens is 263 g/mol. The molecule has 5 heteroatoms. The van der Waals surface area contributed by atoms with Crippen molar-refractivity contribution < 1.29 is 18.9 Å². The van der Waals surface area contributed by atoms with Crippen LogP contribution >= 0.6 is 7.82 Å². The fourth-order valence-electron chi connectivity index (χ4n) is 5.73. The Morgan fingerprint density at radius 1 is 1.11 bits per heavy atom. The van der Waals surface area contributed by atoms with E-state index in [4.69, 9.17) is 4.52 Å². The summed E-state index contributed by atoms with van der Waals surface area (Å²) < 4.78 is 16.5. The summed E-state index contributed by atoms with van der Waals surface area (Å²) >= 11 is 0. The Morgan fingerprint density at radius 2 is 1.63 bits per heavy atom. The van der Waals surface area contributed by atoms with Crippen LogP contribution in [0.15, 0.2) is 0 Å². The molecule has 0 aliphatic heterocycles. The SMILES string of the molecule is CC(C)(C)C1C2CC3CC1CC(OP(=O)(O)O)(C3)C2. The monoisotopic (exact) mass is 288 g/mol. The Labute approximate surface area is 115 Å². The Morgan fingerprint density at radius 3 is 2.05 bits per heavy atom. The van der Waals surface area contributed by atoms with Crippen molar-refractivity contribution in [1.82, 2.24) is 0 Å². The van der Waals surface area contributed by atoms with Gasteiger partial charge in [0.05, 0.1) is 5.60 Å². The second kappa shape index (κ2) is 4.07. The highest BCUT2D eigenvalue weighted by Crippen LogP contribution is 2.65. The summed E-state index contributed by atoms with van der Waals surface area (Å²) in [6.45, 7) is 6.91. The lowest BCUT2D eigenvalue weighted by molar-refractivity contribution is -0.165. The van der Waals surface area contributed by atoms with Crippen LogP contribution in [0.1, 0.15) is 52.9 Å². The third kappa shape index (κ3) is 2.53. The zero-order valence-electron chi connectivity index (χ0n) is 12.0. The van der Waals surface area contributed by atoms with Gasteiger partial charge in [0.15, 0.2) is 0 Å². The largest absolute Gasteiger partial charge is 0.470 e. The van der Waals surface area contributed by atoms with E-state index in [0.717, 1.165) is 19.3 Å². The molecule has 4 saturated carbocycles. The molecule has 0 aromatic heterocycles. The van der Waals surface area contributed by atoms with Crippen LogP contribution in [0.25, 0.3) is 0 Å². The highest BCUT2D eigenvalue weighted by Gasteiger charge is 2.59. The maximum Gasteiger partial charge on any atom is 0.470 e. The van der Waals surface area contributed by atoms with Gasteiger partial charge < -0.3 is 9.79 Å². The van der Waals surface area contributed by atoms with E-state index in [1.165, 1.54) is 12.8 Å². The molecule has 2 N–H and O–H groups in total. The molecule has 0 radical (unpaired) electrons. The van der Waals surface area contributed by atoms with Gasteiger partial charge in [0.1, 0.15) is 0 Å². The van der Waals surface area contributed by atoms with Gasteiger partial charge in [0.2, 0.25) is 0 Å². The summed E-state index contributed by atoms with van der Waals surface area (Å²) in [5.74, 6) is 2.45. The summed E-state index contributed by atoms with van der Waals surface area (Å²) in [7, 11) is -4.38. The van der Waals surface area contributed by atoms with Crippen molar-refractivity contribution >= 4 is 7.82 Å². The minimum Gasteiger partial charge on any atom is -0.303 e. The van der Waals surface area contributed by atoms with Gasteiger partial charge in [-0.2, -0.15) is 0 Å². The first-order valence-electron chi connectivity index (χ1n) is 7.34. The summed E-state index contributed by atoms with van der Waals surface area (Å²) in [6, 6.07) is 0. The molecule has 4 bridgehead atoms. The molecular formula is C14H25O4P. The standard InChI is InChI=1S/C14H25O4P/c1-13(2,3)12-10-4-9-5-11(12)8-14(6-9,7-10)18-19(15,16)17/h9-12H,4-8H2,1-3H3,(H2,15,16,17). The van der Waals surface area contributed by atoms with Crippen LogP contribution in [-0.2, 0) is 9.09 Å². The second-order valence-corrected chi connectivity index (χ2v) is 9.29. The van der Waals surface area contributed by atoms with Crippen LogP contribution in [0.4, 0.5) is 0 Å². The molecule has 2 atom stereocenters. The normalized spacial score (nSPS) is 45.7. The molecule has 0 saturated heterocycles. The van der Waals surface area contributed by atoms with E-state index in [9.17, 15) is 14.4 Å². The van der Waals surface area contributed by atoms with E-state index < -0.39 is 13.4 Å². The van der Waals surface area contributed by atoms with Crippen molar-refractivity contribution in [2.45, 2.75) is 58.5 Å². The van der Waals surface area contributed by atoms with E-state index >= 15 is 0 Å². The number of hydrogen-bond acceptors (Lipinski definition) is 2. The van der Waals surface area contributed by atoms with E-state index in [1.54, 1.807) is 0 Å². The number of phosphoric acid groups is 1. The molecule has 0 aromatic rings. The van der Waals surface area contributed by atoms with Crippen molar-refractivity contribution in [2.24, 2.45) is 29.1 Å². The fourth-order valence-corrected chi connectivity index (χ4v) is 6.46. The predicted molar refractivity (Wildman–Crippen MR) is 72.4 cm³/mol. The van der Waals surface area contributed by atoms with Gasteiger partial charge in [-0.3, -0.25) is 4.52 Å². The number of hydrogen-bond donors (Lipinski definition) is 2. The molecule has 19 heavy (non-hydrogen) atoms. The maximum atomic E-state index is 11.3. The van der Waals surface area contributed by atoms with Crippen molar-refractivity contribution in [3.05, 3.63) is 0 Å². The second-order valence-electron chi connectivity index (χ2n) is 8.13. The van der Waals surface area contributed by atoms with Crippen LogP contribution in [0.5, 0.6) is 0 Å². The van der Waals surface area contributed by atoms with Crippen molar-refractivity contribution in [3.63, 3.8) is 0 Å². The predicted octanol–water partition coefficient (Wildman–Crippen LogP) is 3.34. The van der Waals surface area contributed by atoms with Crippen LogP contribution in [-0.4, -0.2) is 15.4 Å². The van der Waals surface area contributed by atoms with Crippen molar-refractivity contribution in [1.29, 1.82) is 0 Å². The Kier molecular flexibility index (Phi) is 3.01. The zero-order valence-corrected chi connectivity index (χ0v) is 12.9. The molecule has 2 unspecified atom stereocenters. The van der Waals surface area contributed by atoms with Crippen LogP contribution in [0, 0.1) is 29.1 Å². The lowest BCUT2D eigenvalue weighted by atomic mass is 9.46. The van der Waals surface area contributed by atoms with Gasteiger partial charge in [0, 0.05) is 0 Å². The highest BCUT2D eigenvalue weighted by molar-refractivity contribution is 7.46. The smallest absolute Gasteiger partial charge is 0.303 e. The highest BCUT2D eigenvalue weighted by atomic mass is 31.2. The lowest BCUT2D eigenvalue weighted by Crippen LogP contribution is -2.57. The maximum absolute atomic E-state index is 11.3. The van der Waals surface area contributed by atoms with Gasteiger partial charge in [-0.25, -0.2) is 4.57 Å². The van der Waals surface area contributed by atoms with Gasteiger partial charge in [-0.15, -0.1) is 0 Å². The Hall–Kier alpha value is 0.110. The summed E-state index contributed by atoms with van der Waals surface area (Å²) in [5.41, 5.74) is -0.247. The molecule has 0 aromatic carbocycles. The Balaban J connectivity index is 1.87. The van der Waals surface area contributed by atoms with Gasteiger partial charge in [-0.05, 0) is 61.2 Å². The first-order valence-corrected chi connectivity index (χ1v) is 8.87. The summed E-state index contributed by atoms with van der Waals surface area (Å²) in [4.78, 5) is 18.4. The minimum atomic E-state index is -4.38. The van der Waals surface area contributed by atoms with Crippen LogP contribution < -0.4 is 0 Å². The van der Waals surface area contributed by atoms with Crippen molar-refractivity contribution in [2.75, 3.05) is 0 Å². The van der Waals surface area contributed by atoms with Gasteiger partial charge in [-0.1, -0.05) is 20.8 Å². The minimum absolute atomic E-state index is 0.284. The topological polar surface area (TPSA) is 66.8 Å². The first kappa shape index (κ1) is 14.1. The van der Waals surface area contributed by atoms with Gasteiger partial charge >= 0.3 is 7.82 Å². The molecule has 4 aliphatic carbocycles. The fraction of sp³-hybridized carbons (Fsp3) is 1.00. The van der Waals surface area contributed by atoms with Crippen LogP contribution in [0.3, 0.4) is 0 Å². The Bertz CT molecular complexity index is 406. The first-order chi connectivity index (χ1) is 8.58. The average molecular weight is 288 g/mol. The van der Waals surface area contributed by atoms with E-state index in [-0.39, 0.29) is 5.41 Å². The lowest BCUT2D eigenvalue weighted by Gasteiger charge is -2.62.